The largest absolute Gasteiger partial charge is 0.265 e. The summed E-state index contributed by atoms with van der Waals surface area (Å²) in [7, 11) is 0. The number of hydrogen-bond acceptors (Lipinski definition) is 3. The van der Waals surface area contributed by atoms with Gasteiger partial charge in [0.1, 0.15) is 19.4 Å². The second-order valence-corrected chi connectivity index (χ2v) is 3.47. The van der Waals surface area contributed by atoms with Crippen LogP contribution in [-0.4, -0.2) is 25.0 Å². The van der Waals surface area contributed by atoms with Gasteiger partial charge in [0.15, 0.2) is 5.82 Å². The van der Waals surface area contributed by atoms with Gasteiger partial charge >= 0.3 is 0 Å². The molecule has 0 saturated carbocycles. The molecule has 80 valence electrons. The minimum atomic E-state index is 0.687. The lowest BCUT2D eigenvalue weighted by molar-refractivity contribution is -0.690. The molecule has 0 radical (unpaired) electrons. The highest BCUT2D eigenvalue weighted by Gasteiger charge is 2.06. The molecule has 2 aromatic heterocycles. The smallest absolute Gasteiger partial charge is 0.261 e. The molecule has 0 aliphatic rings. The Morgan fingerprint density at radius 1 is 1.53 bits per heavy atom. The number of nitrogens with zero attached hydrogens (tertiary/aromatic N) is 5. The molecule has 0 atom stereocenters. The average Bonchev–Trinajstić information content (AvgIpc) is 2.87. The number of rotatable bonds is 5. The van der Waals surface area contributed by atoms with Crippen molar-refractivity contribution >= 4 is 0 Å². The van der Waals surface area contributed by atoms with Gasteiger partial charge in [-0.1, -0.05) is 13.3 Å². The van der Waals surface area contributed by atoms with Crippen LogP contribution in [-0.2, 0) is 13.1 Å². The van der Waals surface area contributed by atoms with Crippen molar-refractivity contribution in [2.24, 2.45) is 0 Å². The molecule has 0 bridgehead atoms. The van der Waals surface area contributed by atoms with Gasteiger partial charge in [0.2, 0.25) is 6.33 Å². The molecule has 0 aliphatic heterocycles. The molecule has 0 aliphatic carbocycles. The Labute approximate surface area is 88.0 Å². The van der Waals surface area contributed by atoms with E-state index >= 15 is 0 Å². The average molecular weight is 207 g/mol. The van der Waals surface area contributed by atoms with Gasteiger partial charge in [-0.15, -0.1) is 4.68 Å². The van der Waals surface area contributed by atoms with Crippen LogP contribution in [0.15, 0.2) is 19.0 Å². The number of aryl methyl sites for hydroxylation is 1. The molecular weight excluding hydrogens is 192 g/mol. The predicted molar refractivity (Wildman–Crippen MR) is 52.8 cm³/mol. The van der Waals surface area contributed by atoms with E-state index in [1.807, 2.05) is 15.6 Å². The minimum absolute atomic E-state index is 0.687. The Hall–Kier alpha value is -1.72. The van der Waals surface area contributed by atoms with E-state index in [0.717, 1.165) is 18.8 Å². The third-order valence-electron chi connectivity index (χ3n) is 2.17. The molecule has 2 heterocycles. The number of hydrogen-bond donors (Lipinski definition) is 1. The topological polar surface area (TPSA) is 63.3 Å². The van der Waals surface area contributed by atoms with Gasteiger partial charge in [0, 0.05) is 5.10 Å². The summed E-state index contributed by atoms with van der Waals surface area (Å²) in [4.78, 5) is 4.06. The maximum absolute atomic E-state index is 4.25. The van der Waals surface area contributed by atoms with Gasteiger partial charge in [-0.25, -0.2) is 9.55 Å². The molecule has 6 nitrogen and oxygen atoms in total. The van der Waals surface area contributed by atoms with Gasteiger partial charge in [0.25, 0.3) is 6.33 Å². The minimum Gasteiger partial charge on any atom is -0.261 e. The zero-order chi connectivity index (χ0) is 10.5. The third-order valence-corrected chi connectivity index (χ3v) is 2.17. The molecule has 0 fully saturated rings. The van der Waals surface area contributed by atoms with Gasteiger partial charge in [-0.3, -0.25) is 5.10 Å². The fourth-order valence-electron chi connectivity index (χ4n) is 1.36. The number of nitrogens with one attached hydrogen (secondary N) is 1. The summed E-state index contributed by atoms with van der Waals surface area (Å²) < 4.78 is 3.93. The van der Waals surface area contributed by atoms with Gasteiger partial charge < -0.3 is 0 Å². The Balaban J connectivity index is 1.95. The fourth-order valence-corrected chi connectivity index (χ4v) is 1.36. The fraction of sp³-hybridized carbons (Fsp3) is 0.556. The summed E-state index contributed by atoms with van der Waals surface area (Å²) in [5, 5.41) is 10.9. The predicted octanol–water partition coefficient (Wildman–Crippen LogP) is 0.137. The summed E-state index contributed by atoms with van der Waals surface area (Å²) in [6.45, 7) is 3.83. The number of aromatic nitrogens is 6. The highest BCUT2D eigenvalue weighted by molar-refractivity contribution is 4.74. The summed E-state index contributed by atoms with van der Waals surface area (Å²) in [6.07, 6.45) is 7.64. The lowest BCUT2D eigenvalue weighted by Gasteiger charge is -1.91. The van der Waals surface area contributed by atoms with Crippen LogP contribution in [0.5, 0.6) is 0 Å². The highest BCUT2D eigenvalue weighted by atomic mass is 15.4. The van der Waals surface area contributed by atoms with Gasteiger partial charge in [-0.2, -0.15) is 5.10 Å². The standard InChI is InChI=1S/C9H15N6/c1-2-3-4-15-8-14(7-12-15)5-9-10-6-11-13-9/h6-8H,2-5H2,1H3,(H,10,11,13)/q+1. The maximum Gasteiger partial charge on any atom is 0.265 e. The Kier molecular flexibility index (Phi) is 3.06. The monoisotopic (exact) mass is 207 g/mol. The Bertz CT molecular complexity index is 390. The first-order valence-electron chi connectivity index (χ1n) is 5.14. The van der Waals surface area contributed by atoms with Gasteiger partial charge in [0.05, 0.1) is 0 Å². The highest BCUT2D eigenvalue weighted by Crippen LogP contribution is 1.91. The first-order valence-corrected chi connectivity index (χ1v) is 5.14. The van der Waals surface area contributed by atoms with Crippen LogP contribution in [0.3, 0.4) is 0 Å². The van der Waals surface area contributed by atoms with E-state index in [-0.39, 0.29) is 0 Å². The van der Waals surface area contributed by atoms with E-state index < -0.39 is 0 Å². The summed E-state index contributed by atoms with van der Waals surface area (Å²) in [6, 6.07) is 0. The number of aromatic amines is 1. The molecule has 2 rings (SSSR count). The van der Waals surface area contributed by atoms with Crippen molar-refractivity contribution in [2.75, 3.05) is 0 Å². The molecular formula is C9H15N6+. The number of H-pyrrole nitrogens is 1. The molecule has 0 spiro atoms. The maximum atomic E-state index is 4.25. The first-order chi connectivity index (χ1) is 7.38. The third kappa shape index (κ3) is 2.61. The SMILES string of the molecule is CCCCn1c[n+](Cc2ncn[nH]2)cn1. The van der Waals surface area contributed by atoms with Crippen molar-refractivity contribution in [3.8, 4) is 0 Å². The van der Waals surface area contributed by atoms with E-state index in [0.29, 0.717) is 6.54 Å². The molecule has 0 unspecified atom stereocenters. The molecule has 0 aromatic carbocycles. The van der Waals surface area contributed by atoms with Crippen molar-refractivity contribution in [1.82, 2.24) is 25.0 Å². The van der Waals surface area contributed by atoms with Crippen molar-refractivity contribution in [1.29, 1.82) is 0 Å². The van der Waals surface area contributed by atoms with Crippen molar-refractivity contribution < 1.29 is 4.57 Å². The van der Waals surface area contributed by atoms with Crippen LogP contribution >= 0.6 is 0 Å². The zero-order valence-corrected chi connectivity index (χ0v) is 8.80. The number of unbranched alkanes of at least 4 members (excludes halogenated alkanes) is 1. The first kappa shape index (κ1) is 9.82. The zero-order valence-electron chi connectivity index (χ0n) is 8.80. The van der Waals surface area contributed by atoms with Crippen LogP contribution in [0.2, 0.25) is 0 Å². The van der Waals surface area contributed by atoms with Crippen molar-refractivity contribution in [3.05, 3.63) is 24.8 Å². The van der Waals surface area contributed by atoms with Crippen molar-refractivity contribution in [3.63, 3.8) is 0 Å². The second-order valence-electron chi connectivity index (χ2n) is 3.47. The molecule has 0 saturated heterocycles. The van der Waals surface area contributed by atoms with E-state index in [1.165, 1.54) is 12.7 Å². The molecule has 15 heavy (non-hydrogen) atoms. The van der Waals surface area contributed by atoms with Crippen LogP contribution < -0.4 is 4.57 Å². The molecule has 0 amide bonds. The van der Waals surface area contributed by atoms with E-state index in [1.54, 1.807) is 6.33 Å². The summed E-state index contributed by atoms with van der Waals surface area (Å²) in [5.74, 6) is 0.843. The second kappa shape index (κ2) is 4.68. The molecule has 2 aromatic rings. The Morgan fingerprint density at radius 2 is 2.47 bits per heavy atom. The molecule has 6 heteroatoms. The van der Waals surface area contributed by atoms with Crippen LogP contribution in [0.25, 0.3) is 0 Å². The lowest BCUT2D eigenvalue weighted by Crippen LogP contribution is -2.32. The van der Waals surface area contributed by atoms with Gasteiger partial charge in [-0.05, 0) is 6.42 Å². The van der Waals surface area contributed by atoms with E-state index in [2.05, 4.69) is 27.2 Å². The lowest BCUT2D eigenvalue weighted by atomic mass is 10.3. The van der Waals surface area contributed by atoms with E-state index in [9.17, 15) is 0 Å². The Morgan fingerprint density at radius 3 is 3.20 bits per heavy atom. The summed E-state index contributed by atoms with van der Waals surface area (Å²) in [5.41, 5.74) is 0. The normalized spacial score (nSPS) is 10.7. The van der Waals surface area contributed by atoms with E-state index in [4.69, 9.17) is 0 Å². The summed E-state index contributed by atoms with van der Waals surface area (Å²) >= 11 is 0. The quantitative estimate of drug-likeness (QED) is 0.709. The van der Waals surface area contributed by atoms with Crippen molar-refractivity contribution in [2.45, 2.75) is 32.9 Å². The van der Waals surface area contributed by atoms with Crippen LogP contribution in [0.4, 0.5) is 0 Å². The van der Waals surface area contributed by atoms with Crippen LogP contribution in [0, 0.1) is 0 Å². The molecule has 1 N–H and O–H groups in total. The van der Waals surface area contributed by atoms with Crippen LogP contribution in [0.1, 0.15) is 25.6 Å².